The van der Waals surface area contributed by atoms with E-state index in [-0.39, 0.29) is 0 Å². The zero-order valence-electron chi connectivity index (χ0n) is 7.93. The maximum Gasteiger partial charge on any atom is 0.155 e. The minimum atomic E-state index is -0.482. The molecule has 0 unspecified atom stereocenters. The average molecular weight is 216 g/mol. The van der Waals surface area contributed by atoms with E-state index in [4.69, 9.17) is 10.00 Å². The molecular weight excluding hydrogens is 208 g/mol. The van der Waals surface area contributed by atoms with Gasteiger partial charge in [-0.25, -0.2) is 4.98 Å². The molecule has 0 radical (unpaired) electrons. The molecule has 3 nitrogen and oxygen atoms in total. The molecular formula is C11H8N2OS. The predicted molar refractivity (Wildman–Crippen MR) is 57.7 cm³/mol. The van der Waals surface area contributed by atoms with E-state index in [0.29, 0.717) is 13.2 Å². The number of ether oxygens (including phenoxy) is 1. The maximum absolute atomic E-state index is 9.15. The Kier molecular flexibility index (Phi) is 1.78. The predicted octanol–water partition coefficient (Wildman–Crippen LogP) is 2.09. The first-order valence-corrected chi connectivity index (χ1v) is 5.51. The Labute approximate surface area is 90.9 Å². The highest BCUT2D eigenvalue weighted by Crippen LogP contribution is 2.36. The standard InChI is InChI=1S/C11H8N2OS/c12-5-11(6-14-7-11)10-13-8-3-1-2-4-9(8)15-10/h1-4H,6-7H2. The summed E-state index contributed by atoms with van der Waals surface area (Å²) in [5, 5.41) is 10.0. The number of nitrogens with zero attached hydrogens (tertiary/aromatic N) is 2. The summed E-state index contributed by atoms with van der Waals surface area (Å²) in [5.41, 5.74) is 0.489. The van der Waals surface area contributed by atoms with Crippen molar-refractivity contribution in [2.75, 3.05) is 13.2 Å². The van der Waals surface area contributed by atoms with Crippen LogP contribution in [0.15, 0.2) is 24.3 Å². The fourth-order valence-corrected chi connectivity index (χ4v) is 2.69. The molecule has 0 saturated carbocycles. The molecule has 1 aromatic heterocycles. The Morgan fingerprint density at radius 2 is 2.20 bits per heavy atom. The van der Waals surface area contributed by atoms with Crippen LogP contribution < -0.4 is 0 Å². The number of hydrogen-bond donors (Lipinski definition) is 0. The molecule has 74 valence electrons. The minimum absolute atomic E-state index is 0.476. The van der Waals surface area contributed by atoms with Gasteiger partial charge in [0.15, 0.2) is 5.41 Å². The number of aromatic nitrogens is 1. The second kappa shape index (κ2) is 3.02. The van der Waals surface area contributed by atoms with Crippen LogP contribution in [0.3, 0.4) is 0 Å². The van der Waals surface area contributed by atoms with Crippen molar-refractivity contribution >= 4 is 21.6 Å². The molecule has 0 bridgehead atoms. The molecule has 4 heteroatoms. The Morgan fingerprint density at radius 3 is 2.80 bits per heavy atom. The van der Waals surface area contributed by atoms with Gasteiger partial charge in [-0.2, -0.15) is 5.26 Å². The van der Waals surface area contributed by atoms with Gasteiger partial charge >= 0.3 is 0 Å². The SMILES string of the molecule is N#CC1(c2nc3ccccc3s2)COC1. The summed E-state index contributed by atoms with van der Waals surface area (Å²) in [5.74, 6) is 0. The summed E-state index contributed by atoms with van der Waals surface area (Å²) < 4.78 is 6.26. The molecule has 3 rings (SSSR count). The first-order chi connectivity index (χ1) is 7.34. The third-order valence-electron chi connectivity index (χ3n) is 2.61. The number of para-hydroxylation sites is 1. The van der Waals surface area contributed by atoms with Crippen molar-refractivity contribution in [3.05, 3.63) is 29.3 Å². The van der Waals surface area contributed by atoms with Gasteiger partial charge in [0.25, 0.3) is 0 Å². The largest absolute Gasteiger partial charge is 0.377 e. The van der Waals surface area contributed by atoms with Gasteiger partial charge in [0.05, 0.1) is 29.5 Å². The van der Waals surface area contributed by atoms with Crippen LogP contribution in [0, 0.1) is 11.3 Å². The molecule has 0 aliphatic carbocycles. The van der Waals surface area contributed by atoms with E-state index in [0.717, 1.165) is 15.2 Å². The van der Waals surface area contributed by atoms with Crippen molar-refractivity contribution in [2.24, 2.45) is 0 Å². The maximum atomic E-state index is 9.15. The second-order valence-electron chi connectivity index (χ2n) is 3.67. The lowest BCUT2D eigenvalue weighted by atomic mass is 9.89. The number of nitriles is 1. The van der Waals surface area contributed by atoms with Crippen LogP contribution in [-0.2, 0) is 10.2 Å². The first kappa shape index (κ1) is 8.84. The van der Waals surface area contributed by atoms with E-state index < -0.39 is 5.41 Å². The number of thiazole rings is 1. The highest BCUT2D eigenvalue weighted by atomic mass is 32.1. The third kappa shape index (κ3) is 1.17. The molecule has 1 fully saturated rings. The van der Waals surface area contributed by atoms with Gasteiger partial charge in [-0.3, -0.25) is 0 Å². The van der Waals surface area contributed by atoms with Crippen molar-refractivity contribution in [1.29, 1.82) is 5.26 Å². The van der Waals surface area contributed by atoms with Crippen LogP contribution in [0.1, 0.15) is 5.01 Å². The molecule has 0 atom stereocenters. The Balaban J connectivity index is 2.16. The van der Waals surface area contributed by atoms with Crippen LogP contribution in [0.2, 0.25) is 0 Å². The van der Waals surface area contributed by atoms with Crippen LogP contribution in [0.4, 0.5) is 0 Å². The normalized spacial score (nSPS) is 18.3. The highest BCUT2D eigenvalue weighted by Gasteiger charge is 2.43. The zero-order chi connectivity index (χ0) is 10.3. The van der Waals surface area contributed by atoms with Crippen molar-refractivity contribution in [2.45, 2.75) is 5.41 Å². The summed E-state index contributed by atoms with van der Waals surface area (Å²) in [6, 6.07) is 10.3. The van der Waals surface area contributed by atoms with Crippen LogP contribution in [-0.4, -0.2) is 18.2 Å². The summed E-state index contributed by atoms with van der Waals surface area (Å²) in [4.78, 5) is 4.49. The fraction of sp³-hybridized carbons (Fsp3) is 0.273. The fourth-order valence-electron chi connectivity index (χ4n) is 1.62. The topological polar surface area (TPSA) is 45.9 Å². The van der Waals surface area contributed by atoms with Gasteiger partial charge in [0.2, 0.25) is 0 Å². The monoisotopic (exact) mass is 216 g/mol. The molecule has 1 aliphatic rings. The van der Waals surface area contributed by atoms with E-state index in [2.05, 4.69) is 11.1 Å². The van der Waals surface area contributed by atoms with Crippen LogP contribution in [0.25, 0.3) is 10.2 Å². The van der Waals surface area contributed by atoms with E-state index >= 15 is 0 Å². The summed E-state index contributed by atoms with van der Waals surface area (Å²) in [6.07, 6.45) is 0. The molecule has 1 aliphatic heterocycles. The average Bonchev–Trinajstić information content (AvgIpc) is 2.60. The number of hydrogen-bond acceptors (Lipinski definition) is 4. The number of fused-ring (bicyclic) bond motifs is 1. The third-order valence-corrected chi connectivity index (χ3v) is 3.85. The summed E-state index contributed by atoms with van der Waals surface area (Å²) in [6.45, 7) is 0.951. The summed E-state index contributed by atoms with van der Waals surface area (Å²) >= 11 is 1.59. The Morgan fingerprint density at radius 1 is 1.40 bits per heavy atom. The van der Waals surface area contributed by atoms with Gasteiger partial charge in [0, 0.05) is 0 Å². The van der Waals surface area contributed by atoms with Gasteiger partial charge in [-0.15, -0.1) is 11.3 Å². The van der Waals surface area contributed by atoms with E-state index in [1.54, 1.807) is 11.3 Å². The molecule has 0 spiro atoms. The molecule has 0 amide bonds. The number of rotatable bonds is 1. The lowest BCUT2D eigenvalue weighted by Gasteiger charge is -2.32. The van der Waals surface area contributed by atoms with Crippen molar-refractivity contribution < 1.29 is 4.74 Å². The molecule has 15 heavy (non-hydrogen) atoms. The molecule has 0 N–H and O–H groups in total. The molecule has 1 aromatic carbocycles. The lowest BCUT2D eigenvalue weighted by molar-refractivity contribution is -0.0297. The molecule has 1 saturated heterocycles. The van der Waals surface area contributed by atoms with Crippen LogP contribution >= 0.6 is 11.3 Å². The lowest BCUT2D eigenvalue weighted by Crippen LogP contribution is -2.45. The first-order valence-electron chi connectivity index (χ1n) is 4.69. The van der Waals surface area contributed by atoms with Gasteiger partial charge in [-0.05, 0) is 12.1 Å². The minimum Gasteiger partial charge on any atom is -0.377 e. The quantitative estimate of drug-likeness (QED) is 0.733. The van der Waals surface area contributed by atoms with Crippen molar-refractivity contribution in [3.63, 3.8) is 0 Å². The second-order valence-corrected chi connectivity index (χ2v) is 4.70. The smallest absolute Gasteiger partial charge is 0.155 e. The van der Waals surface area contributed by atoms with Gasteiger partial charge < -0.3 is 4.74 Å². The highest BCUT2D eigenvalue weighted by molar-refractivity contribution is 7.18. The number of benzene rings is 1. The van der Waals surface area contributed by atoms with Crippen LogP contribution in [0.5, 0.6) is 0 Å². The van der Waals surface area contributed by atoms with Crippen molar-refractivity contribution in [1.82, 2.24) is 4.98 Å². The Bertz CT molecular complexity index is 518. The van der Waals surface area contributed by atoms with E-state index in [9.17, 15) is 0 Å². The zero-order valence-corrected chi connectivity index (χ0v) is 8.75. The summed E-state index contributed by atoms with van der Waals surface area (Å²) in [7, 11) is 0. The van der Waals surface area contributed by atoms with Gasteiger partial charge in [0.1, 0.15) is 5.01 Å². The van der Waals surface area contributed by atoms with E-state index in [1.807, 2.05) is 24.3 Å². The van der Waals surface area contributed by atoms with E-state index in [1.165, 1.54) is 0 Å². The molecule has 2 aromatic rings. The van der Waals surface area contributed by atoms with Gasteiger partial charge in [-0.1, -0.05) is 12.1 Å². The molecule has 2 heterocycles. The Hall–Kier alpha value is -1.44. The van der Waals surface area contributed by atoms with Crippen molar-refractivity contribution in [3.8, 4) is 6.07 Å².